The quantitative estimate of drug-likeness (QED) is 0.398. The highest BCUT2D eigenvalue weighted by atomic mass is 16.1. The monoisotopic (exact) mass is 352 g/mol. The van der Waals surface area contributed by atoms with Crippen molar-refractivity contribution < 1.29 is 9.59 Å². The molecule has 0 atom stereocenters. The molecule has 0 fully saturated rings. The molecule has 3 aromatic rings. The van der Waals surface area contributed by atoms with E-state index in [1.165, 1.54) is 0 Å². The summed E-state index contributed by atoms with van der Waals surface area (Å²) in [5, 5.41) is 0. The van der Waals surface area contributed by atoms with E-state index in [4.69, 9.17) is 0 Å². The molecule has 0 saturated heterocycles. The zero-order valence-corrected chi connectivity index (χ0v) is 15.8. The second-order valence-corrected chi connectivity index (χ2v) is 7.83. The first kappa shape index (κ1) is 16.2. The Hall–Kier alpha value is -3.00. The third-order valence-corrected chi connectivity index (χ3v) is 6.19. The molecule has 0 aliphatic heterocycles. The lowest BCUT2D eigenvalue weighted by Gasteiger charge is -2.26. The second-order valence-electron chi connectivity index (χ2n) is 7.83. The van der Waals surface area contributed by atoms with E-state index in [1.807, 2.05) is 31.2 Å². The van der Waals surface area contributed by atoms with Gasteiger partial charge in [-0.3, -0.25) is 9.59 Å². The van der Waals surface area contributed by atoms with Crippen LogP contribution in [0.15, 0.2) is 42.5 Å². The van der Waals surface area contributed by atoms with E-state index in [9.17, 15) is 9.59 Å². The average molecular weight is 352 g/mol. The van der Waals surface area contributed by atoms with Crippen molar-refractivity contribution >= 4 is 11.6 Å². The average Bonchev–Trinajstić information content (AvgIpc) is 2.65. The molecule has 2 aliphatic rings. The Labute approximate surface area is 158 Å². The third-order valence-electron chi connectivity index (χ3n) is 6.19. The Morgan fingerprint density at radius 1 is 0.630 bits per heavy atom. The molecule has 0 saturated carbocycles. The fourth-order valence-corrected chi connectivity index (χ4v) is 4.63. The lowest BCUT2D eigenvalue weighted by Crippen LogP contribution is -2.22. The number of hydrogen-bond acceptors (Lipinski definition) is 2. The Morgan fingerprint density at radius 2 is 1.26 bits per heavy atom. The number of benzene rings is 3. The van der Waals surface area contributed by atoms with Crippen molar-refractivity contribution in [1.29, 1.82) is 0 Å². The van der Waals surface area contributed by atoms with Crippen molar-refractivity contribution in [3.63, 3.8) is 0 Å². The van der Waals surface area contributed by atoms with Crippen LogP contribution in [0.3, 0.4) is 0 Å². The molecular formula is C25H20O2. The fourth-order valence-electron chi connectivity index (χ4n) is 4.63. The summed E-state index contributed by atoms with van der Waals surface area (Å²) in [5.41, 5.74) is 10.6. The maximum Gasteiger partial charge on any atom is 0.193 e. The molecule has 0 N–H and O–H groups in total. The van der Waals surface area contributed by atoms with Crippen LogP contribution in [0.1, 0.15) is 70.8 Å². The first-order chi connectivity index (χ1) is 13.0. The molecular weight excluding hydrogens is 332 g/mol. The van der Waals surface area contributed by atoms with Gasteiger partial charge in [-0.2, -0.15) is 0 Å². The van der Waals surface area contributed by atoms with Crippen LogP contribution in [0.4, 0.5) is 0 Å². The Morgan fingerprint density at radius 3 is 2.04 bits per heavy atom. The van der Waals surface area contributed by atoms with Crippen LogP contribution in [0.25, 0.3) is 0 Å². The highest BCUT2D eigenvalue weighted by Crippen LogP contribution is 2.36. The number of carbonyl (C=O) groups excluding carboxylic acids is 2. The maximum atomic E-state index is 13.3. The van der Waals surface area contributed by atoms with Crippen molar-refractivity contribution in [2.45, 2.75) is 33.6 Å². The zero-order chi connectivity index (χ0) is 18.9. The SMILES string of the molecule is Cc1cccc2c1Cc1cc3c(cc1C2=O)C(=O)c1c(C)ccc(C)c1C3. The van der Waals surface area contributed by atoms with Gasteiger partial charge < -0.3 is 0 Å². The summed E-state index contributed by atoms with van der Waals surface area (Å²) < 4.78 is 0. The van der Waals surface area contributed by atoms with Gasteiger partial charge in [0.1, 0.15) is 0 Å². The van der Waals surface area contributed by atoms with Crippen molar-refractivity contribution in [3.05, 3.63) is 104 Å². The summed E-state index contributed by atoms with van der Waals surface area (Å²) >= 11 is 0. The number of aryl methyl sites for hydroxylation is 3. The Kier molecular flexibility index (Phi) is 3.30. The number of ketones is 2. The summed E-state index contributed by atoms with van der Waals surface area (Å²) in [6, 6.07) is 13.9. The van der Waals surface area contributed by atoms with Gasteiger partial charge in [0.05, 0.1) is 0 Å². The van der Waals surface area contributed by atoms with Crippen LogP contribution in [0.5, 0.6) is 0 Å². The van der Waals surface area contributed by atoms with Gasteiger partial charge in [0, 0.05) is 22.3 Å². The van der Waals surface area contributed by atoms with Crippen LogP contribution in [-0.2, 0) is 12.8 Å². The van der Waals surface area contributed by atoms with Gasteiger partial charge in [-0.25, -0.2) is 0 Å². The molecule has 3 aromatic carbocycles. The highest BCUT2D eigenvalue weighted by molar-refractivity contribution is 6.17. The molecule has 27 heavy (non-hydrogen) atoms. The van der Waals surface area contributed by atoms with E-state index < -0.39 is 0 Å². The van der Waals surface area contributed by atoms with Crippen molar-refractivity contribution in [2.75, 3.05) is 0 Å². The number of rotatable bonds is 0. The van der Waals surface area contributed by atoms with Gasteiger partial charge in [0.25, 0.3) is 0 Å². The molecule has 2 nitrogen and oxygen atoms in total. The van der Waals surface area contributed by atoms with Crippen LogP contribution >= 0.6 is 0 Å². The van der Waals surface area contributed by atoms with E-state index in [1.54, 1.807) is 0 Å². The van der Waals surface area contributed by atoms with E-state index >= 15 is 0 Å². The first-order valence-corrected chi connectivity index (χ1v) is 9.38. The summed E-state index contributed by atoms with van der Waals surface area (Å²) in [6.07, 6.45) is 1.51. The van der Waals surface area contributed by atoms with E-state index in [0.717, 1.165) is 62.9 Å². The third kappa shape index (κ3) is 2.19. The number of hydrogen-bond donors (Lipinski definition) is 0. The van der Waals surface area contributed by atoms with Crippen LogP contribution < -0.4 is 0 Å². The summed E-state index contributed by atoms with van der Waals surface area (Å²) in [5.74, 6) is 0.0930. The molecule has 0 radical (unpaired) electrons. The second kappa shape index (κ2) is 5.50. The van der Waals surface area contributed by atoms with Gasteiger partial charge in [0.15, 0.2) is 11.6 Å². The lowest BCUT2D eigenvalue weighted by molar-refractivity contribution is 0.103. The number of carbonyl (C=O) groups is 2. The highest BCUT2D eigenvalue weighted by Gasteiger charge is 2.31. The standard InChI is InChI=1S/C25H20O2/c1-13-5-4-6-18-19(13)10-16-9-17-11-20-14(2)7-8-15(3)23(20)25(27)22(17)12-21(16)24(18)26/h4-9,12H,10-11H2,1-3H3. The molecule has 0 spiro atoms. The molecule has 0 aromatic heterocycles. The predicted molar refractivity (Wildman–Crippen MR) is 106 cm³/mol. The normalized spacial score (nSPS) is 14.3. The maximum absolute atomic E-state index is 13.3. The molecule has 2 heteroatoms. The Bertz CT molecular complexity index is 1180. The summed E-state index contributed by atoms with van der Waals surface area (Å²) in [7, 11) is 0. The van der Waals surface area contributed by atoms with Crippen LogP contribution in [0.2, 0.25) is 0 Å². The molecule has 0 amide bonds. The van der Waals surface area contributed by atoms with E-state index in [0.29, 0.717) is 11.1 Å². The predicted octanol–water partition coefficient (Wildman–Crippen LogP) is 4.88. The molecule has 0 bridgehead atoms. The van der Waals surface area contributed by atoms with Crippen molar-refractivity contribution in [1.82, 2.24) is 0 Å². The minimum absolute atomic E-state index is 0.0392. The molecule has 5 rings (SSSR count). The molecule has 0 unspecified atom stereocenters. The molecule has 132 valence electrons. The summed E-state index contributed by atoms with van der Waals surface area (Å²) in [4.78, 5) is 26.4. The molecule has 0 heterocycles. The van der Waals surface area contributed by atoms with Gasteiger partial charge in [-0.1, -0.05) is 36.4 Å². The van der Waals surface area contributed by atoms with Crippen molar-refractivity contribution in [3.8, 4) is 0 Å². The van der Waals surface area contributed by atoms with Gasteiger partial charge in [0.2, 0.25) is 0 Å². The largest absolute Gasteiger partial charge is 0.289 e. The minimum Gasteiger partial charge on any atom is -0.289 e. The minimum atomic E-state index is 0.0392. The van der Waals surface area contributed by atoms with Crippen LogP contribution in [-0.4, -0.2) is 11.6 Å². The Balaban J connectivity index is 1.71. The van der Waals surface area contributed by atoms with Gasteiger partial charge in [-0.05, 0) is 78.6 Å². The smallest absolute Gasteiger partial charge is 0.193 e. The summed E-state index contributed by atoms with van der Waals surface area (Å²) in [6.45, 7) is 6.11. The lowest BCUT2D eigenvalue weighted by atomic mass is 9.76. The number of fused-ring (bicyclic) bond motifs is 4. The zero-order valence-electron chi connectivity index (χ0n) is 15.8. The van der Waals surface area contributed by atoms with E-state index in [-0.39, 0.29) is 11.6 Å². The van der Waals surface area contributed by atoms with Crippen LogP contribution in [0, 0.1) is 20.8 Å². The van der Waals surface area contributed by atoms with Gasteiger partial charge >= 0.3 is 0 Å². The van der Waals surface area contributed by atoms with E-state index in [2.05, 4.69) is 32.0 Å². The van der Waals surface area contributed by atoms with Crippen molar-refractivity contribution in [2.24, 2.45) is 0 Å². The van der Waals surface area contributed by atoms with Gasteiger partial charge in [-0.15, -0.1) is 0 Å². The molecule has 2 aliphatic carbocycles. The first-order valence-electron chi connectivity index (χ1n) is 9.38. The fraction of sp³-hybridized carbons (Fsp3) is 0.200. The topological polar surface area (TPSA) is 34.1 Å².